The lowest BCUT2D eigenvalue weighted by Gasteiger charge is -2.35. The van der Waals surface area contributed by atoms with Crippen LogP contribution in [0.4, 0.5) is 16.6 Å². The van der Waals surface area contributed by atoms with Crippen molar-refractivity contribution in [1.29, 1.82) is 0 Å². The lowest BCUT2D eigenvalue weighted by Crippen LogP contribution is -2.54. The van der Waals surface area contributed by atoms with Crippen molar-refractivity contribution in [3.63, 3.8) is 0 Å². The van der Waals surface area contributed by atoms with Crippen molar-refractivity contribution in [2.75, 3.05) is 56.2 Å². The monoisotopic (exact) mass is 497 g/mol. The number of anilines is 2. The van der Waals surface area contributed by atoms with Crippen LogP contribution in [0.15, 0.2) is 35.6 Å². The molecule has 2 aromatic rings. The molecule has 1 unspecified atom stereocenters. The van der Waals surface area contributed by atoms with Crippen LogP contribution in [0.3, 0.4) is 0 Å². The summed E-state index contributed by atoms with van der Waals surface area (Å²) in [7, 11) is 0. The van der Waals surface area contributed by atoms with Crippen LogP contribution in [0.25, 0.3) is 0 Å². The van der Waals surface area contributed by atoms with Crippen molar-refractivity contribution in [2.45, 2.75) is 30.2 Å². The summed E-state index contributed by atoms with van der Waals surface area (Å²) in [4.78, 5) is 42.5. The standard InChI is InChI=1S/C24H31N7O3S/c1-15(9-27-23-28-11-18(35-2)12-29-23)8-25-21-4-3-16(10-26-21)19-7-20(19)22(32)30-5-6-31-17(13-30)14-34-24(31)33/h3-4,10-12,15,17,19-20H,5-9,13-14H2,1-2H3,(H,25,26)(H,27,28,29)/t15-,17?,19-,20+/m1/s1. The minimum Gasteiger partial charge on any atom is -0.447 e. The van der Waals surface area contributed by atoms with Crippen LogP contribution < -0.4 is 10.6 Å². The van der Waals surface area contributed by atoms with Crippen LogP contribution in [-0.4, -0.2) is 88.4 Å². The van der Waals surface area contributed by atoms with Gasteiger partial charge in [-0.2, -0.15) is 0 Å². The molecule has 2 N–H and O–H groups in total. The van der Waals surface area contributed by atoms with Crippen molar-refractivity contribution in [3.8, 4) is 0 Å². The number of fused-ring (bicyclic) bond motifs is 1. The number of thioether (sulfide) groups is 1. The predicted molar refractivity (Wildman–Crippen MR) is 133 cm³/mol. The topological polar surface area (TPSA) is 113 Å². The average Bonchev–Trinajstić information content (AvgIpc) is 3.62. The molecule has 0 spiro atoms. The fourth-order valence-electron chi connectivity index (χ4n) is 4.62. The van der Waals surface area contributed by atoms with E-state index in [1.807, 2.05) is 35.8 Å². The van der Waals surface area contributed by atoms with E-state index in [-0.39, 0.29) is 29.9 Å². The van der Waals surface area contributed by atoms with Crippen LogP contribution in [0.1, 0.15) is 24.8 Å². The van der Waals surface area contributed by atoms with Crippen LogP contribution >= 0.6 is 11.8 Å². The molecule has 2 aliphatic heterocycles. The first-order chi connectivity index (χ1) is 17.0. The van der Waals surface area contributed by atoms with E-state index < -0.39 is 0 Å². The molecule has 1 aliphatic carbocycles. The molecule has 3 fully saturated rings. The number of piperazine rings is 1. The molecule has 1 saturated carbocycles. The van der Waals surface area contributed by atoms with Crippen molar-refractivity contribution < 1.29 is 14.3 Å². The number of amides is 2. The molecule has 186 valence electrons. The zero-order chi connectivity index (χ0) is 24.4. The largest absolute Gasteiger partial charge is 0.447 e. The number of carbonyl (C=O) groups is 2. The summed E-state index contributed by atoms with van der Waals surface area (Å²) in [6.45, 7) is 5.76. The van der Waals surface area contributed by atoms with Crippen LogP contribution in [0.5, 0.6) is 0 Å². The second kappa shape index (κ2) is 10.3. The minimum absolute atomic E-state index is 0.00440. The quantitative estimate of drug-likeness (QED) is 0.505. The van der Waals surface area contributed by atoms with Gasteiger partial charge in [0.1, 0.15) is 12.4 Å². The average molecular weight is 498 g/mol. The van der Waals surface area contributed by atoms with E-state index in [9.17, 15) is 9.59 Å². The fraction of sp³-hybridized carbons (Fsp3) is 0.542. The maximum absolute atomic E-state index is 13.0. The smallest absolute Gasteiger partial charge is 0.410 e. The number of pyridine rings is 1. The normalized spacial score (nSPS) is 23.9. The lowest BCUT2D eigenvalue weighted by atomic mass is 10.1. The highest BCUT2D eigenvalue weighted by atomic mass is 32.2. The van der Waals surface area contributed by atoms with Gasteiger partial charge in [0.2, 0.25) is 11.9 Å². The Balaban J connectivity index is 1.05. The fourth-order valence-corrected chi connectivity index (χ4v) is 4.93. The number of hydrogen-bond donors (Lipinski definition) is 2. The molecular weight excluding hydrogens is 466 g/mol. The minimum atomic E-state index is -0.258. The number of nitrogens with one attached hydrogen (secondary N) is 2. The molecule has 0 aromatic carbocycles. The Morgan fingerprint density at radius 3 is 2.71 bits per heavy atom. The molecule has 2 amide bonds. The first kappa shape index (κ1) is 23.7. The number of carbonyl (C=O) groups excluding carboxylic acids is 2. The maximum atomic E-state index is 13.0. The Kier molecular flexibility index (Phi) is 6.94. The van der Waals surface area contributed by atoms with Gasteiger partial charge in [0.15, 0.2) is 0 Å². The van der Waals surface area contributed by atoms with E-state index >= 15 is 0 Å². The number of cyclic esters (lactones) is 1. The van der Waals surface area contributed by atoms with Crippen molar-refractivity contribution in [2.24, 2.45) is 11.8 Å². The van der Waals surface area contributed by atoms with Gasteiger partial charge in [-0.15, -0.1) is 11.8 Å². The third-order valence-corrected chi connectivity index (χ3v) is 7.54. The number of nitrogens with zero attached hydrogens (tertiary/aromatic N) is 5. The molecule has 35 heavy (non-hydrogen) atoms. The Bertz CT molecular complexity index is 1050. The number of hydrogen-bond acceptors (Lipinski definition) is 9. The third kappa shape index (κ3) is 5.44. The molecule has 0 radical (unpaired) electrons. The van der Waals surface area contributed by atoms with Crippen LogP contribution in [0, 0.1) is 11.8 Å². The molecule has 3 aliphatic rings. The summed E-state index contributed by atoms with van der Waals surface area (Å²) in [6, 6.07) is 4.05. The van der Waals surface area contributed by atoms with Crippen molar-refractivity contribution >= 4 is 35.5 Å². The van der Waals surface area contributed by atoms with Gasteiger partial charge in [0.25, 0.3) is 0 Å². The Hall–Kier alpha value is -3.08. The summed E-state index contributed by atoms with van der Waals surface area (Å²) in [5.74, 6) is 2.24. The highest BCUT2D eigenvalue weighted by molar-refractivity contribution is 7.98. The van der Waals surface area contributed by atoms with Gasteiger partial charge in [-0.05, 0) is 36.1 Å². The van der Waals surface area contributed by atoms with Gasteiger partial charge in [0, 0.05) is 62.1 Å². The predicted octanol–water partition coefficient (Wildman–Crippen LogP) is 2.52. The van der Waals surface area contributed by atoms with Gasteiger partial charge < -0.3 is 20.3 Å². The van der Waals surface area contributed by atoms with E-state index in [1.165, 1.54) is 0 Å². The summed E-state index contributed by atoms with van der Waals surface area (Å²) < 4.78 is 5.11. The SMILES string of the molecule is CSc1cnc(NC[C@H](C)CNc2ccc([C@H]3C[C@@H]3C(=O)N3CCN4C(=O)OCC4C3)cn2)nc1. The third-order valence-electron chi connectivity index (χ3n) is 6.85. The molecule has 11 heteroatoms. The summed E-state index contributed by atoms with van der Waals surface area (Å²) in [6.07, 6.45) is 8.12. The van der Waals surface area contributed by atoms with Gasteiger partial charge >= 0.3 is 6.09 Å². The number of rotatable bonds is 9. The van der Waals surface area contributed by atoms with Crippen LogP contribution in [-0.2, 0) is 9.53 Å². The second-order valence-corrected chi connectivity index (χ2v) is 10.3. The Morgan fingerprint density at radius 2 is 1.97 bits per heavy atom. The van der Waals surface area contributed by atoms with Gasteiger partial charge in [0.05, 0.1) is 6.04 Å². The second-order valence-electron chi connectivity index (χ2n) is 9.45. The molecule has 5 rings (SSSR count). The van der Waals surface area contributed by atoms with Crippen molar-refractivity contribution in [3.05, 3.63) is 36.3 Å². The Morgan fingerprint density at radius 1 is 1.17 bits per heavy atom. The van der Waals surface area contributed by atoms with E-state index in [2.05, 4.69) is 38.6 Å². The number of aromatic nitrogens is 3. The zero-order valence-corrected chi connectivity index (χ0v) is 20.8. The van der Waals surface area contributed by atoms with Gasteiger partial charge in [-0.25, -0.2) is 19.7 Å². The first-order valence-corrected chi connectivity index (χ1v) is 13.3. The van der Waals surface area contributed by atoms with Gasteiger partial charge in [-0.1, -0.05) is 13.0 Å². The number of ether oxygens (including phenoxy) is 1. The van der Waals surface area contributed by atoms with Crippen molar-refractivity contribution in [1.82, 2.24) is 24.8 Å². The van der Waals surface area contributed by atoms with E-state index in [0.717, 1.165) is 35.8 Å². The highest BCUT2D eigenvalue weighted by Crippen LogP contribution is 2.48. The molecule has 0 bridgehead atoms. The maximum Gasteiger partial charge on any atom is 0.410 e. The first-order valence-electron chi connectivity index (χ1n) is 12.0. The molecule has 4 atom stereocenters. The highest BCUT2D eigenvalue weighted by Gasteiger charge is 2.48. The summed E-state index contributed by atoms with van der Waals surface area (Å²) in [5, 5.41) is 6.65. The van der Waals surface area contributed by atoms with E-state index in [1.54, 1.807) is 16.7 Å². The lowest BCUT2D eigenvalue weighted by molar-refractivity contribution is -0.134. The van der Waals surface area contributed by atoms with Crippen LogP contribution in [0.2, 0.25) is 0 Å². The summed E-state index contributed by atoms with van der Waals surface area (Å²) in [5.41, 5.74) is 1.10. The molecule has 2 aromatic heterocycles. The molecule has 10 nitrogen and oxygen atoms in total. The molecule has 2 saturated heterocycles. The van der Waals surface area contributed by atoms with E-state index in [0.29, 0.717) is 38.1 Å². The molecular formula is C24H31N7O3S. The molecule has 4 heterocycles. The van der Waals surface area contributed by atoms with E-state index in [4.69, 9.17) is 4.74 Å². The Labute approximate surface area is 209 Å². The van der Waals surface area contributed by atoms with Gasteiger partial charge in [-0.3, -0.25) is 9.69 Å². The zero-order valence-electron chi connectivity index (χ0n) is 20.0. The summed E-state index contributed by atoms with van der Waals surface area (Å²) >= 11 is 1.62.